The predicted octanol–water partition coefficient (Wildman–Crippen LogP) is 3.04. The van der Waals surface area contributed by atoms with Gasteiger partial charge in [0.1, 0.15) is 5.01 Å². The van der Waals surface area contributed by atoms with Crippen LogP contribution in [-0.4, -0.2) is 37.6 Å². The smallest absolute Gasteiger partial charge is 0.242 e. The van der Waals surface area contributed by atoms with Gasteiger partial charge in [-0.1, -0.05) is 24.3 Å². The van der Waals surface area contributed by atoms with Crippen LogP contribution in [0.3, 0.4) is 0 Å². The summed E-state index contributed by atoms with van der Waals surface area (Å²) in [4.78, 5) is 17.2. The van der Waals surface area contributed by atoms with Crippen LogP contribution in [0.25, 0.3) is 10.2 Å². The topological polar surface area (TPSA) is 91.1 Å². The van der Waals surface area contributed by atoms with Crippen molar-refractivity contribution in [2.75, 3.05) is 14.1 Å². The number of aromatic nitrogens is 1. The van der Waals surface area contributed by atoms with Crippen molar-refractivity contribution in [3.05, 3.63) is 59.1 Å². The minimum absolute atomic E-state index is 0.00865. The summed E-state index contributed by atoms with van der Waals surface area (Å²) in [6, 6.07) is 15.1. The summed E-state index contributed by atoms with van der Waals surface area (Å²) < 4.78 is 26.5. The minimum Gasteiger partial charge on any atom is -0.292 e. The number of Topliss-reactive ketones (excluding diaryl/α,β-unsaturated/α-hetero) is 1. The van der Waals surface area contributed by atoms with Gasteiger partial charge in [-0.2, -0.15) is 5.26 Å². The Morgan fingerprint density at radius 3 is 2.58 bits per heavy atom. The number of nitrogens with zero attached hydrogens (tertiary/aromatic N) is 3. The second-order valence-corrected chi connectivity index (χ2v) is 8.98. The lowest BCUT2D eigenvalue weighted by molar-refractivity contribution is 0.0978. The number of carbonyl (C=O) groups excluding carboxylic acids is 1. The lowest BCUT2D eigenvalue weighted by Crippen LogP contribution is -2.22. The maximum atomic E-state index is 12.8. The fourth-order valence-electron chi connectivity index (χ4n) is 2.43. The Hall–Kier alpha value is -2.60. The third-order valence-corrected chi connectivity index (χ3v) is 6.76. The standard InChI is InChI=1S/C18H15N3O3S2/c1-21(2)26(23,24)13-7-5-6-12(10-13)17(22)14(11-19)18-20-15-8-3-4-9-16(15)25-18/h3-10,14H,1-2H3. The number of ketones is 1. The highest BCUT2D eigenvalue weighted by Gasteiger charge is 2.27. The van der Waals surface area contributed by atoms with E-state index >= 15 is 0 Å². The van der Waals surface area contributed by atoms with Crippen LogP contribution in [0.2, 0.25) is 0 Å². The first-order valence-corrected chi connectivity index (χ1v) is 9.92. The van der Waals surface area contributed by atoms with E-state index in [0.717, 1.165) is 14.5 Å². The van der Waals surface area contributed by atoms with Crippen LogP contribution in [-0.2, 0) is 10.0 Å². The zero-order valence-electron chi connectivity index (χ0n) is 14.1. The molecule has 0 bridgehead atoms. The molecule has 1 atom stereocenters. The number of fused-ring (bicyclic) bond motifs is 1. The number of hydrogen-bond donors (Lipinski definition) is 0. The molecule has 8 heteroatoms. The summed E-state index contributed by atoms with van der Waals surface area (Å²) in [6.45, 7) is 0. The number of nitriles is 1. The zero-order chi connectivity index (χ0) is 18.9. The van der Waals surface area contributed by atoms with Crippen LogP contribution < -0.4 is 0 Å². The number of hydrogen-bond acceptors (Lipinski definition) is 6. The Morgan fingerprint density at radius 1 is 1.19 bits per heavy atom. The summed E-state index contributed by atoms with van der Waals surface area (Å²) in [5.41, 5.74) is 0.892. The lowest BCUT2D eigenvalue weighted by atomic mass is 9.99. The second kappa shape index (κ2) is 6.96. The molecule has 132 valence electrons. The van der Waals surface area contributed by atoms with Gasteiger partial charge in [-0.25, -0.2) is 17.7 Å². The van der Waals surface area contributed by atoms with Crippen molar-refractivity contribution < 1.29 is 13.2 Å². The number of thiazole rings is 1. The first kappa shape index (κ1) is 18.2. The van der Waals surface area contributed by atoms with E-state index in [0.29, 0.717) is 5.01 Å². The molecule has 0 fully saturated rings. The van der Waals surface area contributed by atoms with Gasteiger partial charge in [0.2, 0.25) is 10.0 Å². The molecule has 26 heavy (non-hydrogen) atoms. The number of benzene rings is 2. The molecule has 0 saturated carbocycles. The highest BCUT2D eigenvalue weighted by atomic mass is 32.2. The summed E-state index contributed by atoms with van der Waals surface area (Å²) in [5.74, 6) is -1.55. The van der Waals surface area contributed by atoms with Crippen molar-refractivity contribution >= 4 is 37.4 Å². The monoisotopic (exact) mass is 385 g/mol. The first-order valence-electron chi connectivity index (χ1n) is 7.66. The Bertz CT molecular complexity index is 1090. The predicted molar refractivity (Wildman–Crippen MR) is 99.6 cm³/mol. The van der Waals surface area contributed by atoms with Gasteiger partial charge in [0.15, 0.2) is 11.7 Å². The Kier molecular flexibility index (Phi) is 4.87. The van der Waals surface area contributed by atoms with E-state index in [1.54, 1.807) is 0 Å². The van der Waals surface area contributed by atoms with E-state index in [2.05, 4.69) is 4.98 Å². The molecule has 0 N–H and O–H groups in total. The van der Waals surface area contributed by atoms with E-state index < -0.39 is 21.7 Å². The normalized spacial score (nSPS) is 12.8. The van der Waals surface area contributed by atoms with Gasteiger partial charge in [0.25, 0.3) is 0 Å². The largest absolute Gasteiger partial charge is 0.292 e. The molecule has 0 aliphatic heterocycles. The average molecular weight is 385 g/mol. The molecule has 6 nitrogen and oxygen atoms in total. The van der Waals surface area contributed by atoms with Crippen molar-refractivity contribution in [2.45, 2.75) is 10.8 Å². The van der Waals surface area contributed by atoms with Crippen molar-refractivity contribution in [1.82, 2.24) is 9.29 Å². The Balaban J connectivity index is 2.01. The van der Waals surface area contributed by atoms with Crippen LogP contribution >= 0.6 is 11.3 Å². The van der Waals surface area contributed by atoms with Gasteiger partial charge in [0.05, 0.1) is 21.2 Å². The van der Waals surface area contributed by atoms with E-state index in [4.69, 9.17) is 0 Å². The van der Waals surface area contributed by atoms with Crippen molar-refractivity contribution in [1.29, 1.82) is 5.26 Å². The van der Waals surface area contributed by atoms with E-state index in [9.17, 15) is 18.5 Å². The molecule has 0 spiro atoms. The van der Waals surface area contributed by atoms with Crippen LogP contribution in [0.5, 0.6) is 0 Å². The maximum absolute atomic E-state index is 12.8. The van der Waals surface area contributed by atoms with Crippen LogP contribution in [0.4, 0.5) is 0 Å². The highest BCUT2D eigenvalue weighted by Crippen LogP contribution is 2.30. The number of para-hydroxylation sites is 1. The van der Waals surface area contributed by atoms with Gasteiger partial charge in [-0.3, -0.25) is 4.79 Å². The molecule has 1 heterocycles. The summed E-state index contributed by atoms with van der Waals surface area (Å²) in [7, 11) is -0.826. The molecule has 0 saturated heterocycles. The van der Waals surface area contributed by atoms with Crippen LogP contribution in [0.1, 0.15) is 21.3 Å². The first-order chi connectivity index (χ1) is 12.3. The van der Waals surface area contributed by atoms with E-state index in [1.165, 1.54) is 49.7 Å². The quantitative estimate of drug-likeness (QED) is 0.630. The van der Waals surface area contributed by atoms with Gasteiger partial charge >= 0.3 is 0 Å². The maximum Gasteiger partial charge on any atom is 0.242 e. The van der Waals surface area contributed by atoms with Gasteiger partial charge in [-0.15, -0.1) is 11.3 Å². The van der Waals surface area contributed by atoms with Crippen molar-refractivity contribution in [3.63, 3.8) is 0 Å². The van der Waals surface area contributed by atoms with E-state index in [1.807, 2.05) is 30.3 Å². The SMILES string of the molecule is CN(C)S(=O)(=O)c1cccc(C(=O)C(C#N)c2nc3ccccc3s2)c1. The molecule has 3 aromatic rings. The average Bonchev–Trinajstić information content (AvgIpc) is 3.05. The van der Waals surface area contributed by atoms with Crippen molar-refractivity contribution in [3.8, 4) is 6.07 Å². The van der Waals surface area contributed by atoms with E-state index in [-0.39, 0.29) is 10.5 Å². The van der Waals surface area contributed by atoms with Gasteiger partial charge < -0.3 is 0 Å². The molecule has 2 aromatic carbocycles. The number of rotatable bonds is 5. The fraction of sp³-hybridized carbons (Fsp3) is 0.167. The fourth-order valence-corrected chi connectivity index (χ4v) is 4.39. The van der Waals surface area contributed by atoms with Crippen LogP contribution in [0, 0.1) is 11.3 Å². The molecule has 0 amide bonds. The molecule has 3 rings (SSSR count). The van der Waals surface area contributed by atoms with Gasteiger partial charge in [0, 0.05) is 19.7 Å². The van der Waals surface area contributed by atoms with Crippen LogP contribution in [0.15, 0.2) is 53.4 Å². The minimum atomic E-state index is -3.67. The molecular formula is C18H15N3O3S2. The highest BCUT2D eigenvalue weighted by molar-refractivity contribution is 7.89. The number of sulfonamides is 1. The van der Waals surface area contributed by atoms with Gasteiger partial charge in [-0.05, 0) is 24.3 Å². The Morgan fingerprint density at radius 2 is 1.92 bits per heavy atom. The molecular weight excluding hydrogens is 370 g/mol. The summed E-state index contributed by atoms with van der Waals surface area (Å²) >= 11 is 1.29. The number of carbonyl (C=O) groups is 1. The molecule has 0 aliphatic rings. The third-order valence-electron chi connectivity index (χ3n) is 3.85. The zero-order valence-corrected chi connectivity index (χ0v) is 15.7. The molecule has 0 radical (unpaired) electrons. The molecule has 1 unspecified atom stereocenters. The third kappa shape index (κ3) is 3.24. The summed E-state index contributed by atoms with van der Waals surface area (Å²) in [5, 5.41) is 9.93. The molecule has 1 aromatic heterocycles. The molecule has 0 aliphatic carbocycles. The van der Waals surface area contributed by atoms with Crippen molar-refractivity contribution in [2.24, 2.45) is 0 Å². The second-order valence-electron chi connectivity index (χ2n) is 5.76. The Labute approximate surface area is 155 Å². The summed E-state index contributed by atoms with van der Waals surface area (Å²) in [6.07, 6.45) is 0. The lowest BCUT2D eigenvalue weighted by Gasteiger charge is -2.12.